The summed E-state index contributed by atoms with van der Waals surface area (Å²) < 4.78 is 13.1. The van der Waals surface area contributed by atoms with Crippen LogP contribution in [0.2, 0.25) is 5.02 Å². The molecule has 0 unspecified atom stereocenters. The van der Waals surface area contributed by atoms with Crippen LogP contribution in [0.5, 0.6) is 11.6 Å². The summed E-state index contributed by atoms with van der Waals surface area (Å²) in [7, 11) is 1.55. The number of nitrogens with two attached hydrogens (primary N) is 1. The van der Waals surface area contributed by atoms with Crippen LogP contribution >= 0.6 is 11.6 Å². The number of methoxy groups -OCH3 is 1. The fourth-order valence-corrected chi connectivity index (χ4v) is 4.51. The number of hydrogen-bond donors (Lipinski definition) is 3. The van der Waals surface area contributed by atoms with E-state index in [1.54, 1.807) is 19.2 Å². The number of fused-ring (bicyclic) bond motifs is 2. The number of rotatable bonds is 5. The number of anilines is 1. The smallest absolute Gasteiger partial charge is 0.225 e. The van der Waals surface area contributed by atoms with Gasteiger partial charge in [0.1, 0.15) is 29.6 Å². The molecule has 0 aliphatic heterocycles. The number of halogens is 1. The van der Waals surface area contributed by atoms with E-state index in [-0.39, 0.29) is 24.4 Å². The zero-order valence-electron chi connectivity index (χ0n) is 17.2. The minimum absolute atomic E-state index is 0.237. The molecule has 1 aliphatic rings. The predicted molar refractivity (Wildman–Crippen MR) is 120 cm³/mol. The van der Waals surface area contributed by atoms with Crippen molar-refractivity contribution >= 4 is 39.4 Å². The first-order valence-electron chi connectivity index (χ1n) is 10.2. The molecule has 4 N–H and O–H groups in total. The fourth-order valence-electron chi connectivity index (χ4n) is 4.35. The van der Waals surface area contributed by atoms with Gasteiger partial charge in [-0.3, -0.25) is 0 Å². The van der Waals surface area contributed by atoms with E-state index in [1.165, 1.54) is 6.33 Å². The fraction of sp³-hybridized carbons (Fsp3) is 0.318. The Labute approximate surface area is 188 Å². The standard InChI is InChI=1S/C22H22ClN5O4/c1-31-22-14-4-5-28(21(14)25-10-26-22)17-7-12(18(29)19(17)30)9-32-13-3-2-11-6-15(23)20(24)27-16(11)8-13/h2-6,8,10,12,17-19,29-30H,7,9H2,1H3,(H2,24,27)/t12-,17-,18-,19+/m1/s1. The van der Waals surface area contributed by atoms with E-state index >= 15 is 0 Å². The number of aliphatic hydroxyl groups is 2. The number of aliphatic hydroxyl groups excluding tert-OH is 2. The molecular weight excluding hydrogens is 434 g/mol. The third-order valence-electron chi connectivity index (χ3n) is 6.03. The van der Waals surface area contributed by atoms with Gasteiger partial charge in [0.05, 0.1) is 41.8 Å². The van der Waals surface area contributed by atoms with Crippen molar-refractivity contribution in [3.63, 3.8) is 0 Å². The van der Waals surface area contributed by atoms with Crippen molar-refractivity contribution in [3.8, 4) is 11.6 Å². The summed E-state index contributed by atoms with van der Waals surface area (Å²) in [5, 5.41) is 23.4. The molecule has 9 nitrogen and oxygen atoms in total. The van der Waals surface area contributed by atoms with Crippen LogP contribution in [-0.2, 0) is 0 Å². The molecule has 1 fully saturated rings. The highest BCUT2D eigenvalue weighted by Crippen LogP contribution is 2.38. The van der Waals surface area contributed by atoms with Crippen molar-refractivity contribution < 1.29 is 19.7 Å². The van der Waals surface area contributed by atoms with E-state index in [9.17, 15) is 10.2 Å². The molecule has 3 aromatic heterocycles. The van der Waals surface area contributed by atoms with Gasteiger partial charge in [0.25, 0.3) is 0 Å². The van der Waals surface area contributed by atoms with E-state index in [0.717, 1.165) is 10.8 Å². The van der Waals surface area contributed by atoms with Gasteiger partial charge in [0.15, 0.2) is 0 Å². The highest BCUT2D eigenvalue weighted by atomic mass is 35.5. The highest BCUT2D eigenvalue weighted by Gasteiger charge is 2.43. The SMILES string of the molecule is COc1ncnc2c1ccn2[C@@H]1C[C@H](COc2ccc3cc(Cl)c(N)nc3c2)[C@@H](O)[C@H]1O. The molecule has 4 atom stereocenters. The van der Waals surface area contributed by atoms with E-state index < -0.39 is 12.2 Å². The molecule has 0 spiro atoms. The maximum absolute atomic E-state index is 10.7. The molecule has 5 rings (SSSR count). The van der Waals surface area contributed by atoms with Crippen molar-refractivity contribution in [1.29, 1.82) is 0 Å². The Balaban J connectivity index is 1.34. The maximum Gasteiger partial charge on any atom is 0.225 e. The molecule has 0 amide bonds. The number of aromatic nitrogens is 4. The zero-order valence-corrected chi connectivity index (χ0v) is 18.0. The average Bonchev–Trinajstić information content (AvgIpc) is 3.34. The minimum atomic E-state index is -0.958. The van der Waals surface area contributed by atoms with Gasteiger partial charge in [0.2, 0.25) is 5.88 Å². The summed E-state index contributed by atoms with van der Waals surface area (Å²) in [4.78, 5) is 12.7. The van der Waals surface area contributed by atoms with Gasteiger partial charge >= 0.3 is 0 Å². The first kappa shape index (κ1) is 20.7. The van der Waals surface area contributed by atoms with Crippen molar-refractivity contribution in [3.05, 3.63) is 47.9 Å². The normalized spacial score (nSPS) is 23.1. The largest absolute Gasteiger partial charge is 0.493 e. The lowest BCUT2D eigenvalue weighted by atomic mass is 10.1. The number of hydrogen-bond acceptors (Lipinski definition) is 8. The molecule has 3 heterocycles. The number of ether oxygens (including phenoxy) is 2. The van der Waals surface area contributed by atoms with Crippen LogP contribution in [0, 0.1) is 5.92 Å². The van der Waals surface area contributed by atoms with Gasteiger partial charge in [-0.25, -0.2) is 15.0 Å². The summed E-state index contributed by atoms with van der Waals surface area (Å²) in [6.07, 6.45) is 1.88. The van der Waals surface area contributed by atoms with Gasteiger partial charge in [-0.1, -0.05) is 11.6 Å². The zero-order chi connectivity index (χ0) is 22.4. The molecule has 32 heavy (non-hydrogen) atoms. The molecule has 10 heteroatoms. The van der Waals surface area contributed by atoms with Crippen LogP contribution in [0.4, 0.5) is 5.82 Å². The molecule has 0 saturated heterocycles. The monoisotopic (exact) mass is 455 g/mol. The van der Waals surface area contributed by atoms with Crippen molar-refractivity contribution in [2.75, 3.05) is 19.5 Å². The van der Waals surface area contributed by atoms with E-state index in [2.05, 4.69) is 15.0 Å². The topological polar surface area (TPSA) is 129 Å². The molecule has 1 aliphatic carbocycles. The van der Waals surface area contributed by atoms with Crippen molar-refractivity contribution in [1.82, 2.24) is 19.5 Å². The quantitative estimate of drug-likeness (QED) is 0.419. The molecule has 4 aromatic rings. The van der Waals surface area contributed by atoms with Gasteiger partial charge in [0, 0.05) is 23.6 Å². The summed E-state index contributed by atoms with van der Waals surface area (Å²) in [6, 6.07) is 8.69. The average molecular weight is 456 g/mol. The number of nitrogens with zero attached hydrogens (tertiary/aromatic N) is 4. The van der Waals surface area contributed by atoms with Crippen LogP contribution in [-0.4, -0.2) is 55.7 Å². The van der Waals surface area contributed by atoms with E-state index in [4.69, 9.17) is 26.8 Å². The Bertz CT molecular complexity index is 1300. The number of nitrogen functional groups attached to an aromatic ring is 1. The van der Waals surface area contributed by atoms with Crippen LogP contribution < -0.4 is 15.2 Å². The van der Waals surface area contributed by atoms with Gasteiger partial charge in [-0.2, -0.15) is 0 Å². The van der Waals surface area contributed by atoms with Crippen LogP contribution in [0.3, 0.4) is 0 Å². The first-order chi connectivity index (χ1) is 15.5. The maximum atomic E-state index is 10.7. The first-order valence-corrected chi connectivity index (χ1v) is 10.5. The number of pyridine rings is 1. The lowest BCUT2D eigenvalue weighted by molar-refractivity contribution is -0.00141. The Morgan fingerprint density at radius 1 is 1.19 bits per heavy atom. The Kier molecular flexibility index (Phi) is 5.24. The second-order valence-corrected chi connectivity index (χ2v) is 8.32. The third-order valence-corrected chi connectivity index (χ3v) is 6.33. The van der Waals surface area contributed by atoms with E-state index in [0.29, 0.717) is 34.2 Å². The third kappa shape index (κ3) is 3.48. The van der Waals surface area contributed by atoms with Gasteiger partial charge < -0.3 is 30.0 Å². The predicted octanol–water partition coefficient (Wildman–Crippen LogP) is 2.59. The van der Waals surface area contributed by atoms with Crippen LogP contribution in [0.25, 0.3) is 21.9 Å². The Morgan fingerprint density at radius 2 is 2.03 bits per heavy atom. The minimum Gasteiger partial charge on any atom is -0.493 e. The van der Waals surface area contributed by atoms with Crippen LogP contribution in [0.1, 0.15) is 12.5 Å². The second kappa shape index (κ2) is 8.09. The second-order valence-electron chi connectivity index (χ2n) is 7.91. The Morgan fingerprint density at radius 3 is 2.84 bits per heavy atom. The molecule has 166 valence electrons. The summed E-state index contributed by atoms with van der Waals surface area (Å²) in [5.74, 6) is 1.05. The van der Waals surface area contributed by atoms with E-state index in [1.807, 2.05) is 29.0 Å². The molecule has 0 bridgehead atoms. The lowest BCUT2D eigenvalue weighted by Crippen LogP contribution is -2.31. The molecular formula is C22H22ClN5O4. The molecule has 0 radical (unpaired) electrons. The summed E-state index contributed by atoms with van der Waals surface area (Å²) in [6.45, 7) is 0.237. The summed E-state index contributed by atoms with van der Waals surface area (Å²) >= 11 is 6.03. The molecule has 1 aromatic carbocycles. The Hall–Kier alpha value is -3.14. The summed E-state index contributed by atoms with van der Waals surface area (Å²) in [5.41, 5.74) is 7.11. The van der Waals surface area contributed by atoms with Crippen molar-refractivity contribution in [2.24, 2.45) is 5.92 Å². The lowest BCUT2D eigenvalue weighted by Gasteiger charge is -2.19. The molecule has 1 saturated carbocycles. The van der Waals surface area contributed by atoms with Crippen LogP contribution in [0.15, 0.2) is 42.9 Å². The van der Waals surface area contributed by atoms with Gasteiger partial charge in [-0.15, -0.1) is 0 Å². The van der Waals surface area contributed by atoms with Gasteiger partial charge in [-0.05, 0) is 30.7 Å². The number of benzene rings is 1. The van der Waals surface area contributed by atoms with Crippen molar-refractivity contribution in [2.45, 2.75) is 24.7 Å². The highest BCUT2D eigenvalue weighted by molar-refractivity contribution is 6.33.